The van der Waals surface area contributed by atoms with E-state index < -0.39 is 0 Å². The van der Waals surface area contributed by atoms with Crippen LogP contribution < -0.4 is 0 Å². The monoisotopic (exact) mass is 267 g/mol. The van der Waals surface area contributed by atoms with Gasteiger partial charge >= 0.3 is 0 Å². The van der Waals surface area contributed by atoms with Gasteiger partial charge in [-0.1, -0.05) is 37.6 Å². The van der Waals surface area contributed by atoms with Gasteiger partial charge in [-0.15, -0.1) is 0 Å². The lowest BCUT2D eigenvalue weighted by Gasteiger charge is -2.30. The van der Waals surface area contributed by atoms with Crippen LogP contribution in [0.4, 0.5) is 0 Å². The zero-order chi connectivity index (χ0) is 13.6. The second kappa shape index (κ2) is 6.91. The molecule has 1 aromatic carbocycles. The first-order valence-electron chi connectivity index (χ1n) is 6.44. The van der Waals surface area contributed by atoms with E-state index in [0.29, 0.717) is 0 Å². The standard InChI is InChI=1S/C15H22ClNO/c1-4-15(5-2,12-18)11-17(3)10-13-7-6-8-14(16)9-13/h6-9,12H,4-5,10-11H2,1-3H3. The number of nitrogens with zero attached hydrogens (tertiary/aromatic N) is 1. The van der Waals surface area contributed by atoms with E-state index in [9.17, 15) is 4.79 Å². The van der Waals surface area contributed by atoms with Crippen molar-refractivity contribution in [3.63, 3.8) is 0 Å². The lowest BCUT2D eigenvalue weighted by atomic mass is 9.83. The Kier molecular flexibility index (Phi) is 5.83. The number of aldehydes is 1. The molecule has 0 fully saturated rings. The molecule has 0 atom stereocenters. The minimum atomic E-state index is -0.215. The summed E-state index contributed by atoms with van der Waals surface area (Å²) in [5, 5.41) is 0.758. The maximum absolute atomic E-state index is 11.3. The molecule has 0 unspecified atom stereocenters. The predicted molar refractivity (Wildman–Crippen MR) is 76.9 cm³/mol. The molecule has 0 bridgehead atoms. The van der Waals surface area contributed by atoms with E-state index in [1.807, 2.05) is 25.2 Å². The van der Waals surface area contributed by atoms with Crippen molar-refractivity contribution in [2.45, 2.75) is 33.2 Å². The summed E-state index contributed by atoms with van der Waals surface area (Å²) in [5.74, 6) is 0. The molecule has 0 saturated heterocycles. The van der Waals surface area contributed by atoms with Gasteiger partial charge in [-0.25, -0.2) is 0 Å². The normalized spacial score (nSPS) is 11.8. The van der Waals surface area contributed by atoms with Crippen molar-refractivity contribution in [3.8, 4) is 0 Å². The molecule has 0 N–H and O–H groups in total. The fraction of sp³-hybridized carbons (Fsp3) is 0.533. The molecular formula is C15H22ClNO. The zero-order valence-corrected chi connectivity index (χ0v) is 12.2. The quantitative estimate of drug-likeness (QED) is 0.701. The van der Waals surface area contributed by atoms with Crippen LogP contribution in [0, 0.1) is 5.41 Å². The van der Waals surface area contributed by atoms with Gasteiger partial charge < -0.3 is 9.69 Å². The van der Waals surface area contributed by atoms with Gasteiger partial charge in [0.2, 0.25) is 0 Å². The highest BCUT2D eigenvalue weighted by Gasteiger charge is 2.26. The summed E-state index contributed by atoms with van der Waals surface area (Å²) in [7, 11) is 2.05. The number of benzene rings is 1. The number of carbonyl (C=O) groups is 1. The third-order valence-electron chi connectivity index (χ3n) is 3.58. The zero-order valence-electron chi connectivity index (χ0n) is 11.4. The van der Waals surface area contributed by atoms with Crippen LogP contribution in [0.3, 0.4) is 0 Å². The molecule has 0 aliphatic carbocycles. The summed E-state index contributed by atoms with van der Waals surface area (Å²) in [5.41, 5.74) is 0.963. The maximum atomic E-state index is 11.3. The van der Waals surface area contributed by atoms with Crippen molar-refractivity contribution < 1.29 is 4.79 Å². The van der Waals surface area contributed by atoms with Crippen molar-refractivity contribution in [1.82, 2.24) is 4.90 Å². The average molecular weight is 268 g/mol. The summed E-state index contributed by atoms with van der Waals surface area (Å²) in [6.07, 6.45) is 2.88. The Morgan fingerprint density at radius 1 is 1.33 bits per heavy atom. The van der Waals surface area contributed by atoms with Crippen LogP contribution in [-0.4, -0.2) is 24.8 Å². The second-order valence-corrected chi connectivity index (χ2v) is 5.43. The SMILES string of the molecule is CCC(C=O)(CC)CN(C)Cc1cccc(Cl)c1. The minimum Gasteiger partial charge on any atom is -0.303 e. The fourth-order valence-corrected chi connectivity index (χ4v) is 2.43. The Morgan fingerprint density at radius 2 is 2.00 bits per heavy atom. The summed E-state index contributed by atoms with van der Waals surface area (Å²) in [4.78, 5) is 13.5. The summed E-state index contributed by atoms with van der Waals surface area (Å²) in [6, 6.07) is 7.86. The Bertz CT molecular complexity index is 388. The van der Waals surface area contributed by atoms with Gasteiger partial charge in [-0.3, -0.25) is 0 Å². The minimum absolute atomic E-state index is 0.215. The maximum Gasteiger partial charge on any atom is 0.127 e. The highest BCUT2D eigenvalue weighted by atomic mass is 35.5. The molecule has 0 heterocycles. The molecule has 1 aromatic rings. The number of hydrogen-bond donors (Lipinski definition) is 0. The van der Waals surface area contributed by atoms with Crippen molar-refractivity contribution in [3.05, 3.63) is 34.9 Å². The summed E-state index contributed by atoms with van der Waals surface area (Å²) < 4.78 is 0. The van der Waals surface area contributed by atoms with Crippen LogP contribution in [-0.2, 0) is 11.3 Å². The van der Waals surface area contributed by atoms with Crippen LogP contribution in [0.25, 0.3) is 0 Å². The van der Waals surface area contributed by atoms with Crippen LogP contribution in [0.1, 0.15) is 32.3 Å². The fourth-order valence-electron chi connectivity index (χ4n) is 2.22. The van der Waals surface area contributed by atoms with Gasteiger partial charge in [0.25, 0.3) is 0 Å². The van der Waals surface area contributed by atoms with E-state index in [2.05, 4.69) is 24.8 Å². The lowest BCUT2D eigenvalue weighted by molar-refractivity contribution is -0.117. The highest BCUT2D eigenvalue weighted by molar-refractivity contribution is 6.30. The average Bonchev–Trinajstić information content (AvgIpc) is 2.36. The largest absolute Gasteiger partial charge is 0.303 e. The molecule has 0 saturated carbocycles. The van der Waals surface area contributed by atoms with E-state index in [1.165, 1.54) is 5.56 Å². The smallest absolute Gasteiger partial charge is 0.127 e. The van der Waals surface area contributed by atoms with Crippen molar-refractivity contribution in [2.24, 2.45) is 5.41 Å². The van der Waals surface area contributed by atoms with Gasteiger partial charge in [0.15, 0.2) is 0 Å². The second-order valence-electron chi connectivity index (χ2n) is 4.99. The summed E-state index contributed by atoms with van der Waals surface area (Å²) in [6.45, 7) is 5.75. The Morgan fingerprint density at radius 3 is 2.50 bits per heavy atom. The molecule has 2 nitrogen and oxygen atoms in total. The van der Waals surface area contributed by atoms with Crippen LogP contribution in [0.2, 0.25) is 5.02 Å². The van der Waals surface area contributed by atoms with Crippen molar-refractivity contribution in [1.29, 1.82) is 0 Å². The van der Waals surface area contributed by atoms with E-state index in [4.69, 9.17) is 11.6 Å². The molecule has 100 valence electrons. The van der Waals surface area contributed by atoms with Gasteiger partial charge in [0.05, 0.1) is 0 Å². The Hall–Kier alpha value is -0.860. The van der Waals surface area contributed by atoms with E-state index in [-0.39, 0.29) is 5.41 Å². The summed E-state index contributed by atoms with van der Waals surface area (Å²) >= 11 is 5.97. The first kappa shape index (κ1) is 15.2. The molecule has 18 heavy (non-hydrogen) atoms. The molecule has 0 amide bonds. The van der Waals surface area contributed by atoms with Crippen molar-refractivity contribution >= 4 is 17.9 Å². The van der Waals surface area contributed by atoms with Crippen LogP contribution in [0.5, 0.6) is 0 Å². The third kappa shape index (κ3) is 4.11. The van der Waals surface area contributed by atoms with E-state index >= 15 is 0 Å². The van der Waals surface area contributed by atoms with E-state index in [0.717, 1.165) is 37.2 Å². The lowest BCUT2D eigenvalue weighted by Crippen LogP contribution is -2.35. The van der Waals surface area contributed by atoms with Gasteiger partial charge in [-0.2, -0.15) is 0 Å². The highest BCUT2D eigenvalue weighted by Crippen LogP contribution is 2.25. The number of rotatable bonds is 7. The van der Waals surface area contributed by atoms with Crippen LogP contribution >= 0.6 is 11.6 Å². The molecule has 0 aromatic heterocycles. The van der Waals surface area contributed by atoms with E-state index in [1.54, 1.807) is 0 Å². The number of carbonyl (C=O) groups excluding carboxylic acids is 1. The molecular weight excluding hydrogens is 246 g/mol. The molecule has 3 heteroatoms. The first-order valence-corrected chi connectivity index (χ1v) is 6.82. The number of hydrogen-bond acceptors (Lipinski definition) is 2. The Labute approximate surface area is 115 Å². The molecule has 0 aliphatic rings. The van der Waals surface area contributed by atoms with Gasteiger partial charge in [0, 0.05) is 23.5 Å². The molecule has 0 spiro atoms. The van der Waals surface area contributed by atoms with Gasteiger partial charge in [-0.05, 0) is 37.6 Å². The topological polar surface area (TPSA) is 20.3 Å². The van der Waals surface area contributed by atoms with Gasteiger partial charge in [0.1, 0.15) is 6.29 Å². The van der Waals surface area contributed by atoms with Crippen LogP contribution in [0.15, 0.2) is 24.3 Å². The first-order chi connectivity index (χ1) is 8.55. The molecule has 0 aliphatic heterocycles. The number of halogens is 1. The predicted octanol–water partition coefficient (Wildman–Crippen LogP) is 3.78. The van der Waals surface area contributed by atoms with Crippen molar-refractivity contribution in [2.75, 3.05) is 13.6 Å². The third-order valence-corrected chi connectivity index (χ3v) is 3.82. The molecule has 1 rings (SSSR count). The Balaban J connectivity index is 2.66. The molecule has 0 radical (unpaired) electrons.